The van der Waals surface area contributed by atoms with Crippen LogP contribution in [0.25, 0.3) is 15.6 Å². The van der Waals surface area contributed by atoms with Crippen LogP contribution in [-0.2, 0) is 6.54 Å². The van der Waals surface area contributed by atoms with Gasteiger partial charge in [0, 0.05) is 18.4 Å². The van der Waals surface area contributed by atoms with E-state index >= 15 is 0 Å². The number of nitrogens with zero attached hydrogens (tertiary/aromatic N) is 4. The van der Waals surface area contributed by atoms with Gasteiger partial charge in [-0.05, 0) is 31.4 Å². The van der Waals surface area contributed by atoms with Crippen molar-refractivity contribution in [2.75, 3.05) is 11.1 Å². The molecule has 0 radical (unpaired) electrons. The monoisotopic (exact) mass is 368 g/mol. The number of nitrogens with two attached hydrogens (primary N) is 1. The molecule has 3 aromatic rings. The highest BCUT2D eigenvalue weighted by Gasteiger charge is 2.17. The van der Waals surface area contributed by atoms with Crippen molar-refractivity contribution in [3.8, 4) is 0 Å². The standard InChI is InChI=1S/C18H17ClN6O/c1-4-25-14(8-11-6-5-7-12(19)15(11)17(25)26)10(2)23-16-13(21-3)9-22-18(20)24-16/h5-10H,4H2,1-2H3,(H3,20,22,23,24)/t10-/m0/s1. The van der Waals surface area contributed by atoms with Crippen LogP contribution in [0.15, 0.2) is 35.3 Å². The Labute approximate surface area is 155 Å². The number of anilines is 2. The Morgan fingerprint density at radius 2 is 2.23 bits per heavy atom. The summed E-state index contributed by atoms with van der Waals surface area (Å²) in [6, 6.07) is 7.00. The Morgan fingerprint density at radius 3 is 2.92 bits per heavy atom. The Hall–Kier alpha value is -3.11. The molecule has 2 aromatic heterocycles. The third-order valence-corrected chi connectivity index (χ3v) is 4.46. The Morgan fingerprint density at radius 1 is 1.46 bits per heavy atom. The van der Waals surface area contributed by atoms with E-state index in [0.29, 0.717) is 22.8 Å². The fourth-order valence-corrected chi connectivity index (χ4v) is 3.18. The maximum absolute atomic E-state index is 12.9. The van der Waals surface area contributed by atoms with Crippen LogP contribution in [0.3, 0.4) is 0 Å². The van der Waals surface area contributed by atoms with Crippen molar-refractivity contribution in [2.24, 2.45) is 0 Å². The van der Waals surface area contributed by atoms with Crippen molar-refractivity contribution < 1.29 is 0 Å². The van der Waals surface area contributed by atoms with Gasteiger partial charge >= 0.3 is 0 Å². The Balaban J connectivity index is 2.12. The zero-order valence-corrected chi connectivity index (χ0v) is 15.1. The second kappa shape index (κ2) is 7.02. The van der Waals surface area contributed by atoms with Crippen LogP contribution in [0.1, 0.15) is 25.6 Å². The number of aromatic nitrogens is 3. The van der Waals surface area contributed by atoms with Gasteiger partial charge in [-0.1, -0.05) is 23.7 Å². The maximum Gasteiger partial charge on any atom is 0.260 e. The van der Waals surface area contributed by atoms with Gasteiger partial charge in [0.25, 0.3) is 5.56 Å². The van der Waals surface area contributed by atoms with E-state index in [-0.39, 0.29) is 23.2 Å². The summed E-state index contributed by atoms with van der Waals surface area (Å²) in [5.41, 5.74) is 6.51. The van der Waals surface area contributed by atoms with E-state index in [1.54, 1.807) is 10.6 Å². The average Bonchev–Trinajstić information content (AvgIpc) is 2.61. The van der Waals surface area contributed by atoms with E-state index in [1.165, 1.54) is 6.20 Å². The molecule has 0 bridgehead atoms. The van der Waals surface area contributed by atoms with E-state index in [0.717, 1.165) is 11.1 Å². The molecule has 0 fully saturated rings. The number of pyridine rings is 1. The first kappa shape index (κ1) is 17.7. The van der Waals surface area contributed by atoms with Crippen molar-refractivity contribution in [1.29, 1.82) is 0 Å². The number of fused-ring (bicyclic) bond motifs is 1. The first-order valence-electron chi connectivity index (χ1n) is 8.04. The number of halogens is 1. The van der Waals surface area contributed by atoms with E-state index in [2.05, 4.69) is 20.1 Å². The molecule has 0 aliphatic carbocycles. The molecule has 0 unspecified atom stereocenters. The minimum atomic E-state index is -0.291. The van der Waals surface area contributed by atoms with Gasteiger partial charge in [-0.15, -0.1) is 0 Å². The van der Waals surface area contributed by atoms with Crippen LogP contribution in [0.4, 0.5) is 17.5 Å². The lowest BCUT2D eigenvalue weighted by atomic mass is 10.1. The molecular formula is C18H17ClN6O. The maximum atomic E-state index is 12.9. The predicted octanol–water partition coefficient (Wildman–Crippen LogP) is 3.77. The summed E-state index contributed by atoms with van der Waals surface area (Å²) < 4.78 is 1.66. The molecular weight excluding hydrogens is 352 g/mol. The molecule has 0 amide bonds. The molecule has 3 rings (SSSR count). The number of hydrogen-bond donors (Lipinski definition) is 2. The number of hydrogen-bond acceptors (Lipinski definition) is 5. The smallest absolute Gasteiger partial charge is 0.260 e. The van der Waals surface area contributed by atoms with Gasteiger partial charge in [0.2, 0.25) is 11.6 Å². The second-order valence-electron chi connectivity index (χ2n) is 5.76. The van der Waals surface area contributed by atoms with Gasteiger partial charge < -0.3 is 15.6 Å². The molecule has 0 saturated heterocycles. The molecule has 1 aromatic carbocycles. The molecule has 0 aliphatic rings. The van der Waals surface area contributed by atoms with Gasteiger partial charge in [-0.3, -0.25) is 4.79 Å². The number of nitrogen functional groups attached to an aromatic ring is 1. The number of rotatable bonds is 4. The lowest BCUT2D eigenvalue weighted by Gasteiger charge is -2.21. The van der Waals surface area contributed by atoms with Crippen molar-refractivity contribution >= 4 is 39.8 Å². The molecule has 26 heavy (non-hydrogen) atoms. The third-order valence-electron chi connectivity index (χ3n) is 4.14. The average molecular weight is 369 g/mol. The largest absolute Gasteiger partial charge is 0.371 e. The summed E-state index contributed by atoms with van der Waals surface area (Å²) in [5.74, 6) is 0.409. The molecule has 1 atom stereocenters. The molecule has 3 N–H and O–H groups in total. The second-order valence-corrected chi connectivity index (χ2v) is 6.17. The molecule has 0 aliphatic heterocycles. The van der Waals surface area contributed by atoms with Crippen LogP contribution < -0.4 is 16.6 Å². The van der Waals surface area contributed by atoms with Gasteiger partial charge in [-0.25, -0.2) is 14.8 Å². The summed E-state index contributed by atoms with van der Waals surface area (Å²) in [7, 11) is 0. The third kappa shape index (κ3) is 3.07. The number of benzene rings is 1. The van der Waals surface area contributed by atoms with Crippen LogP contribution in [-0.4, -0.2) is 14.5 Å². The van der Waals surface area contributed by atoms with E-state index in [9.17, 15) is 4.79 Å². The summed E-state index contributed by atoms with van der Waals surface area (Å²) in [6.07, 6.45) is 1.37. The SMILES string of the molecule is [C-]#[N+]c1cnc(N)nc1N[C@@H](C)c1cc2cccc(Cl)c2c(=O)n1CC. The number of nitrogens with one attached hydrogen (secondary N) is 1. The van der Waals surface area contributed by atoms with Crippen LogP contribution in [0.2, 0.25) is 5.02 Å². The summed E-state index contributed by atoms with van der Waals surface area (Å²) in [4.78, 5) is 24.2. The van der Waals surface area contributed by atoms with Gasteiger partial charge in [0.05, 0.1) is 23.0 Å². The topological polar surface area (TPSA) is 90.2 Å². The Bertz CT molecular complexity index is 1090. The van der Waals surface area contributed by atoms with Crippen molar-refractivity contribution in [1.82, 2.24) is 14.5 Å². The normalized spacial score (nSPS) is 11.9. The molecule has 7 nitrogen and oxygen atoms in total. The Kier molecular flexibility index (Phi) is 4.78. The van der Waals surface area contributed by atoms with Crippen LogP contribution >= 0.6 is 11.6 Å². The van der Waals surface area contributed by atoms with Crippen molar-refractivity contribution in [3.63, 3.8) is 0 Å². The summed E-state index contributed by atoms with van der Waals surface area (Å²) in [5, 5.41) is 4.86. The predicted molar refractivity (Wildman–Crippen MR) is 104 cm³/mol. The molecule has 0 saturated carbocycles. The zero-order valence-electron chi connectivity index (χ0n) is 14.3. The first-order chi connectivity index (χ1) is 12.5. The lowest BCUT2D eigenvalue weighted by Crippen LogP contribution is -2.26. The molecule has 2 heterocycles. The first-order valence-corrected chi connectivity index (χ1v) is 8.42. The van der Waals surface area contributed by atoms with Crippen LogP contribution in [0.5, 0.6) is 0 Å². The van der Waals surface area contributed by atoms with Crippen molar-refractivity contribution in [2.45, 2.75) is 26.4 Å². The minimum Gasteiger partial charge on any atom is -0.371 e. The van der Waals surface area contributed by atoms with Crippen LogP contribution in [0, 0.1) is 6.57 Å². The molecule has 0 spiro atoms. The highest BCUT2D eigenvalue weighted by Crippen LogP contribution is 2.28. The lowest BCUT2D eigenvalue weighted by molar-refractivity contribution is 0.650. The van der Waals surface area contributed by atoms with Gasteiger partial charge in [-0.2, -0.15) is 0 Å². The van der Waals surface area contributed by atoms with E-state index < -0.39 is 0 Å². The highest BCUT2D eigenvalue weighted by atomic mass is 35.5. The van der Waals surface area contributed by atoms with E-state index in [1.807, 2.05) is 32.0 Å². The fraction of sp³-hybridized carbons (Fsp3) is 0.222. The summed E-state index contributed by atoms with van der Waals surface area (Å²) in [6.45, 7) is 11.5. The summed E-state index contributed by atoms with van der Waals surface area (Å²) >= 11 is 6.22. The van der Waals surface area contributed by atoms with E-state index in [4.69, 9.17) is 23.9 Å². The minimum absolute atomic E-state index is 0.0743. The molecule has 132 valence electrons. The van der Waals surface area contributed by atoms with Gasteiger partial charge in [0.1, 0.15) is 5.82 Å². The van der Waals surface area contributed by atoms with Crippen molar-refractivity contribution in [3.05, 3.63) is 62.9 Å². The fourth-order valence-electron chi connectivity index (χ4n) is 2.92. The zero-order chi connectivity index (χ0) is 18.8. The molecule has 8 heteroatoms. The highest BCUT2D eigenvalue weighted by molar-refractivity contribution is 6.35. The van der Waals surface area contributed by atoms with Gasteiger partial charge in [0.15, 0.2) is 0 Å². The quantitative estimate of drug-likeness (QED) is 0.684.